The van der Waals surface area contributed by atoms with Crippen molar-refractivity contribution in [3.8, 4) is 78.4 Å². The van der Waals surface area contributed by atoms with E-state index in [1.54, 1.807) is 0 Å². The highest BCUT2D eigenvalue weighted by Gasteiger charge is 2.24. The van der Waals surface area contributed by atoms with Crippen molar-refractivity contribution in [3.05, 3.63) is 375 Å². The number of aromatic nitrogens is 4. The van der Waals surface area contributed by atoms with E-state index in [9.17, 15) is 0 Å². The maximum atomic E-state index is 2.46. The fourth-order valence-electron chi connectivity index (χ4n) is 16.7. The van der Waals surface area contributed by atoms with Gasteiger partial charge in [-0.3, -0.25) is 0 Å². The van der Waals surface area contributed by atoms with Gasteiger partial charge < -0.3 is 18.3 Å². The smallest absolute Gasteiger partial charge is 0.0548 e. The van der Waals surface area contributed by atoms with Gasteiger partial charge in [-0.15, -0.1) is 11.3 Å². The monoisotopic (exact) mass is 1310 g/mol. The molecule has 0 saturated heterocycles. The van der Waals surface area contributed by atoms with Gasteiger partial charge in [0, 0.05) is 86.0 Å². The molecule has 0 aliphatic heterocycles. The Balaban J connectivity index is 0.000000133. The van der Waals surface area contributed by atoms with Gasteiger partial charge in [0.05, 0.1) is 44.1 Å². The SMILES string of the molecule is c1ccc(-c2ccc(-n3c4ccc(-c5ccc6c(c5)c5ccccc5n6-c5ccccc5)cc4c4cc5c(cc43)Cc3ccccc3-5)cc2)cc1.c1ccc(-c2ccc(-n3c4ccc(-c5ccc6c(c5)c5ccccc5n6-c5ccccc5)cc4c4cc5sc6ccccc6c5cc43)cc2)cc1. The van der Waals surface area contributed by atoms with Gasteiger partial charge in [-0.25, -0.2) is 0 Å². The second-order valence-corrected chi connectivity index (χ2v) is 28.2. The predicted molar refractivity (Wildman–Crippen MR) is 433 cm³/mol. The molecule has 21 aromatic rings. The molecule has 5 heterocycles. The van der Waals surface area contributed by atoms with Gasteiger partial charge in [0.2, 0.25) is 0 Å². The van der Waals surface area contributed by atoms with Gasteiger partial charge in [-0.2, -0.15) is 0 Å². The third-order valence-electron chi connectivity index (χ3n) is 21.4. The lowest BCUT2D eigenvalue weighted by atomic mass is 9.99. The number of rotatable bonds is 8. The molecule has 0 unspecified atom stereocenters. The number of para-hydroxylation sites is 4. The number of benzene rings is 16. The average Bonchev–Trinajstić information content (AvgIpc) is 1.58. The zero-order valence-corrected chi connectivity index (χ0v) is 56.4. The Morgan fingerprint density at radius 1 is 0.176 bits per heavy atom. The first kappa shape index (κ1) is 58.0. The topological polar surface area (TPSA) is 19.7 Å². The van der Waals surface area contributed by atoms with E-state index in [0.717, 1.165) is 12.1 Å². The number of hydrogen-bond acceptors (Lipinski definition) is 1. The van der Waals surface area contributed by atoms with Gasteiger partial charge in [0.15, 0.2) is 0 Å². The number of fused-ring (bicyclic) bond motifs is 18. The summed E-state index contributed by atoms with van der Waals surface area (Å²) in [6, 6.07) is 134. The van der Waals surface area contributed by atoms with Crippen molar-refractivity contribution < 1.29 is 0 Å². The van der Waals surface area contributed by atoms with Gasteiger partial charge in [0.25, 0.3) is 0 Å². The Bertz CT molecular complexity index is 6910. The number of nitrogens with zero attached hydrogens (tertiary/aromatic N) is 4. The molecule has 5 heteroatoms. The molecule has 0 amide bonds. The molecule has 1 aliphatic rings. The van der Waals surface area contributed by atoms with Gasteiger partial charge >= 0.3 is 0 Å². The predicted octanol–water partition coefficient (Wildman–Crippen LogP) is 26.4. The summed E-state index contributed by atoms with van der Waals surface area (Å²) < 4.78 is 12.3. The highest BCUT2D eigenvalue weighted by molar-refractivity contribution is 7.25. The molecular weight excluding hydrogens is 1250 g/mol. The van der Waals surface area contributed by atoms with Crippen molar-refractivity contribution in [2.45, 2.75) is 6.42 Å². The maximum Gasteiger partial charge on any atom is 0.0548 e. The van der Waals surface area contributed by atoms with E-state index in [-0.39, 0.29) is 0 Å². The second-order valence-electron chi connectivity index (χ2n) is 27.1. The average molecular weight is 1320 g/mol. The van der Waals surface area contributed by atoms with Gasteiger partial charge in [-0.05, 0) is 213 Å². The zero-order valence-electron chi connectivity index (χ0n) is 55.5. The van der Waals surface area contributed by atoms with Crippen LogP contribution in [0.5, 0.6) is 0 Å². The van der Waals surface area contributed by atoms with E-state index >= 15 is 0 Å². The molecule has 0 fully saturated rings. The number of thiophene rings is 1. The maximum absolute atomic E-state index is 2.46. The van der Waals surface area contributed by atoms with Crippen LogP contribution in [-0.2, 0) is 6.42 Å². The fourth-order valence-corrected chi connectivity index (χ4v) is 17.8. The van der Waals surface area contributed by atoms with E-state index in [2.05, 4.69) is 382 Å². The Morgan fingerprint density at radius 2 is 0.520 bits per heavy atom. The molecule has 16 aromatic carbocycles. The van der Waals surface area contributed by atoms with E-state index in [1.165, 1.54) is 191 Å². The molecule has 0 saturated carbocycles. The van der Waals surface area contributed by atoms with Crippen molar-refractivity contribution in [3.63, 3.8) is 0 Å². The molecule has 5 aromatic heterocycles. The number of hydrogen-bond donors (Lipinski definition) is 0. The summed E-state index contributed by atoms with van der Waals surface area (Å²) in [5, 5.41) is 12.8. The minimum absolute atomic E-state index is 0.970. The Labute approximate surface area is 593 Å². The van der Waals surface area contributed by atoms with Crippen LogP contribution in [0.25, 0.3) is 186 Å². The standard InChI is InChI=1S/C49H32N2.C48H30N2S/c1-3-11-32(12-4-1)33-19-23-39(24-20-33)51-48-26-22-35(29-44(48)45-31-42-37(30-49(45)51)27-36-13-7-8-16-40(36)42)34-21-25-47-43(28-34)41-17-9-10-18-46(41)50(47)38-14-5-2-6-15-38;1-3-11-31(12-4-1)32-19-23-36(24-20-32)50-45-26-22-34(28-40(45)41-30-48-42(29-46(41)50)38-16-8-10-18-47(38)51-48)33-21-25-44-39(27-33)37-15-7-9-17-43(37)49(44)35-13-5-2-6-14-35/h1-26,28-31H,27H2;1-30H. The summed E-state index contributed by atoms with van der Waals surface area (Å²) in [7, 11) is 0. The van der Waals surface area contributed by atoms with Crippen LogP contribution in [0.3, 0.4) is 0 Å². The largest absolute Gasteiger partial charge is 0.309 e. The van der Waals surface area contributed by atoms with Crippen LogP contribution in [0, 0.1) is 0 Å². The molecule has 4 nitrogen and oxygen atoms in total. The molecule has 22 rings (SSSR count). The van der Waals surface area contributed by atoms with Gasteiger partial charge in [-0.1, -0.05) is 224 Å². The molecule has 0 bridgehead atoms. The molecule has 0 N–H and O–H groups in total. The van der Waals surface area contributed by atoms with Crippen LogP contribution >= 0.6 is 11.3 Å². The lowest BCUT2D eigenvalue weighted by Crippen LogP contribution is -1.94. The van der Waals surface area contributed by atoms with Crippen molar-refractivity contribution in [1.82, 2.24) is 18.3 Å². The second kappa shape index (κ2) is 23.3. The van der Waals surface area contributed by atoms with Crippen LogP contribution in [-0.4, -0.2) is 18.3 Å². The molecule has 1 aliphatic carbocycles. The third-order valence-corrected chi connectivity index (χ3v) is 22.6. The Kier molecular flexibility index (Phi) is 13.2. The van der Waals surface area contributed by atoms with Crippen LogP contribution < -0.4 is 0 Å². The minimum Gasteiger partial charge on any atom is -0.309 e. The zero-order chi connectivity index (χ0) is 66.9. The quantitative estimate of drug-likeness (QED) is 0.144. The van der Waals surface area contributed by atoms with Crippen LogP contribution in [0.4, 0.5) is 0 Å². The first-order valence-electron chi connectivity index (χ1n) is 35.2. The van der Waals surface area contributed by atoms with E-state index in [0.29, 0.717) is 0 Å². The first-order chi connectivity index (χ1) is 50.6. The van der Waals surface area contributed by atoms with Crippen LogP contribution in [0.15, 0.2) is 364 Å². The molecule has 0 atom stereocenters. The van der Waals surface area contributed by atoms with Gasteiger partial charge in [0.1, 0.15) is 0 Å². The highest BCUT2D eigenvalue weighted by atomic mass is 32.1. The van der Waals surface area contributed by atoms with Crippen LogP contribution in [0.1, 0.15) is 11.1 Å². The summed E-state index contributed by atoms with van der Waals surface area (Å²) in [6.45, 7) is 0. The molecular formula is C97H62N4S. The van der Waals surface area contributed by atoms with Crippen molar-refractivity contribution >= 4 is 119 Å². The fraction of sp³-hybridized carbons (Fsp3) is 0.0103. The van der Waals surface area contributed by atoms with Crippen molar-refractivity contribution in [2.75, 3.05) is 0 Å². The normalized spacial score (nSPS) is 12.1. The van der Waals surface area contributed by atoms with E-state index in [1.807, 2.05) is 11.3 Å². The minimum atomic E-state index is 0.970. The van der Waals surface area contributed by atoms with Crippen LogP contribution in [0.2, 0.25) is 0 Å². The lowest BCUT2D eigenvalue weighted by Gasteiger charge is -2.11. The molecule has 0 radical (unpaired) electrons. The van der Waals surface area contributed by atoms with E-state index < -0.39 is 0 Å². The Morgan fingerprint density at radius 3 is 1.02 bits per heavy atom. The lowest BCUT2D eigenvalue weighted by molar-refractivity contribution is 1.17. The summed E-state index contributed by atoms with van der Waals surface area (Å²) >= 11 is 1.88. The summed E-state index contributed by atoms with van der Waals surface area (Å²) in [5.41, 5.74) is 29.8. The highest BCUT2D eigenvalue weighted by Crippen LogP contribution is 2.47. The molecule has 102 heavy (non-hydrogen) atoms. The van der Waals surface area contributed by atoms with E-state index in [4.69, 9.17) is 0 Å². The third kappa shape index (κ3) is 9.29. The molecule has 476 valence electrons. The van der Waals surface area contributed by atoms with Crippen molar-refractivity contribution in [2.24, 2.45) is 0 Å². The summed E-state index contributed by atoms with van der Waals surface area (Å²) in [6.07, 6.45) is 0.970. The van der Waals surface area contributed by atoms with Crippen molar-refractivity contribution in [1.29, 1.82) is 0 Å². The summed E-state index contributed by atoms with van der Waals surface area (Å²) in [4.78, 5) is 0. The Hall–Kier alpha value is -13.1. The first-order valence-corrected chi connectivity index (χ1v) is 36.0. The molecule has 0 spiro atoms. The summed E-state index contributed by atoms with van der Waals surface area (Å²) in [5.74, 6) is 0.